The zero-order valence-electron chi connectivity index (χ0n) is 12.3. The van der Waals surface area contributed by atoms with Gasteiger partial charge in [0.2, 0.25) is 0 Å². The molecule has 0 aliphatic rings. The molecule has 122 valence electrons. The molecule has 4 heterocycles. The summed E-state index contributed by atoms with van der Waals surface area (Å²) >= 11 is 0. The van der Waals surface area contributed by atoms with Crippen LogP contribution in [0.4, 0.5) is 24.7 Å². The van der Waals surface area contributed by atoms with Gasteiger partial charge in [0.1, 0.15) is 5.65 Å². The Hall–Kier alpha value is -3.17. The maximum Gasteiger partial charge on any atom is 0.453 e. The lowest BCUT2D eigenvalue weighted by Crippen LogP contribution is -2.13. The van der Waals surface area contributed by atoms with E-state index in [4.69, 9.17) is 0 Å². The lowest BCUT2D eigenvalue weighted by molar-refractivity contribution is -0.146. The van der Waals surface area contributed by atoms with E-state index in [-0.39, 0.29) is 11.5 Å². The van der Waals surface area contributed by atoms with Crippen LogP contribution in [0.3, 0.4) is 0 Å². The predicted octanol–water partition coefficient (Wildman–Crippen LogP) is 2.84. The second kappa shape index (κ2) is 4.91. The maximum absolute atomic E-state index is 12.9. The second-order valence-electron chi connectivity index (χ2n) is 5.20. The molecular formula is C14H10F3N7. The number of pyridine rings is 1. The van der Waals surface area contributed by atoms with E-state index in [1.54, 1.807) is 18.3 Å². The van der Waals surface area contributed by atoms with Crippen LogP contribution in [0, 0.1) is 6.92 Å². The van der Waals surface area contributed by atoms with E-state index in [1.165, 1.54) is 12.1 Å². The minimum atomic E-state index is -4.63. The summed E-state index contributed by atoms with van der Waals surface area (Å²) in [7, 11) is 0. The summed E-state index contributed by atoms with van der Waals surface area (Å²) in [5.41, 5.74) is 2.33. The van der Waals surface area contributed by atoms with Gasteiger partial charge in [-0.1, -0.05) is 0 Å². The fourth-order valence-corrected chi connectivity index (χ4v) is 2.37. The molecule has 7 nitrogen and oxygen atoms in total. The summed E-state index contributed by atoms with van der Waals surface area (Å²) in [4.78, 5) is 4.31. The average Bonchev–Trinajstić information content (AvgIpc) is 3.08. The Balaban J connectivity index is 1.72. The van der Waals surface area contributed by atoms with E-state index < -0.39 is 12.0 Å². The van der Waals surface area contributed by atoms with Gasteiger partial charge in [0, 0.05) is 12.4 Å². The lowest BCUT2D eigenvalue weighted by Gasteiger charge is -2.07. The molecule has 10 heteroatoms. The molecule has 0 aliphatic heterocycles. The topological polar surface area (TPSA) is 72.4 Å². The van der Waals surface area contributed by atoms with Gasteiger partial charge in [-0.15, -0.1) is 15.3 Å². The molecule has 0 amide bonds. The number of nitrogens with one attached hydrogen (secondary N) is 1. The van der Waals surface area contributed by atoms with Crippen molar-refractivity contribution in [2.45, 2.75) is 13.1 Å². The summed E-state index contributed by atoms with van der Waals surface area (Å²) in [6, 6.07) is 6.52. The third-order valence-corrected chi connectivity index (χ3v) is 3.36. The smallest absolute Gasteiger partial charge is 0.338 e. The van der Waals surface area contributed by atoms with Gasteiger partial charge in [-0.25, -0.2) is 4.98 Å². The van der Waals surface area contributed by atoms with Gasteiger partial charge in [-0.3, -0.25) is 0 Å². The Kier molecular flexibility index (Phi) is 2.95. The number of hydrogen-bond donors (Lipinski definition) is 1. The van der Waals surface area contributed by atoms with E-state index in [2.05, 4.69) is 25.6 Å². The van der Waals surface area contributed by atoms with Crippen LogP contribution < -0.4 is 5.32 Å². The summed E-state index contributed by atoms with van der Waals surface area (Å²) in [6.45, 7) is 1.88. The van der Waals surface area contributed by atoms with Gasteiger partial charge in [-0.05, 0) is 31.2 Å². The molecule has 0 aliphatic carbocycles. The van der Waals surface area contributed by atoms with E-state index in [1.807, 2.05) is 17.5 Å². The number of fused-ring (bicyclic) bond motifs is 2. The molecule has 0 unspecified atom stereocenters. The molecule has 4 aromatic rings. The molecule has 0 saturated heterocycles. The number of rotatable bonds is 2. The van der Waals surface area contributed by atoms with Crippen molar-refractivity contribution in [1.29, 1.82) is 0 Å². The molecule has 0 bridgehead atoms. The normalized spacial score (nSPS) is 12.2. The number of aryl methyl sites for hydroxylation is 1. The summed E-state index contributed by atoms with van der Waals surface area (Å²) < 4.78 is 41.2. The lowest BCUT2D eigenvalue weighted by atomic mass is 10.4. The summed E-state index contributed by atoms with van der Waals surface area (Å²) in [5, 5.41) is 13.5. The number of alkyl halides is 3. The number of imidazole rings is 1. The monoisotopic (exact) mass is 333 g/mol. The van der Waals surface area contributed by atoms with E-state index in [9.17, 15) is 13.2 Å². The number of anilines is 2. The fourth-order valence-electron chi connectivity index (χ4n) is 2.37. The molecule has 0 saturated carbocycles. The largest absolute Gasteiger partial charge is 0.453 e. The van der Waals surface area contributed by atoms with Crippen LogP contribution >= 0.6 is 0 Å². The van der Waals surface area contributed by atoms with Gasteiger partial charge in [-0.2, -0.15) is 17.7 Å². The Morgan fingerprint density at radius 1 is 1.00 bits per heavy atom. The first kappa shape index (κ1) is 14.4. The first-order valence-corrected chi connectivity index (χ1v) is 6.92. The maximum atomic E-state index is 12.9. The van der Waals surface area contributed by atoms with Crippen LogP contribution in [-0.4, -0.2) is 29.2 Å². The molecule has 24 heavy (non-hydrogen) atoms. The van der Waals surface area contributed by atoms with E-state index in [0.717, 1.165) is 11.3 Å². The SMILES string of the molecule is Cc1cn2cc(Nc3ccc4nnc(C(F)(F)F)n4n3)ccc2n1. The summed E-state index contributed by atoms with van der Waals surface area (Å²) in [5.74, 6) is -0.925. The van der Waals surface area contributed by atoms with Crippen molar-refractivity contribution >= 4 is 22.8 Å². The molecule has 0 fully saturated rings. The van der Waals surface area contributed by atoms with Crippen LogP contribution in [0.25, 0.3) is 11.3 Å². The van der Waals surface area contributed by atoms with Gasteiger partial charge < -0.3 is 9.72 Å². The zero-order chi connectivity index (χ0) is 16.9. The third kappa shape index (κ3) is 2.41. The van der Waals surface area contributed by atoms with Crippen LogP contribution in [0.5, 0.6) is 0 Å². The zero-order valence-corrected chi connectivity index (χ0v) is 12.3. The highest BCUT2D eigenvalue weighted by Crippen LogP contribution is 2.27. The Morgan fingerprint density at radius 2 is 1.79 bits per heavy atom. The molecule has 1 N–H and O–H groups in total. The Labute approximate surface area is 132 Å². The molecule has 0 atom stereocenters. The summed E-state index contributed by atoms with van der Waals surface area (Å²) in [6.07, 6.45) is -1.00. The fraction of sp³-hybridized carbons (Fsp3) is 0.143. The number of nitrogens with zero attached hydrogens (tertiary/aromatic N) is 6. The van der Waals surface area contributed by atoms with Crippen molar-refractivity contribution in [3.8, 4) is 0 Å². The number of aromatic nitrogens is 6. The Morgan fingerprint density at radius 3 is 2.58 bits per heavy atom. The van der Waals surface area contributed by atoms with Crippen molar-refractivity contribution in [2.75, 3.05) is 5.32 Å². The molecule has 4 aromatic heterocycles. The quantitative estimate of drug-likeness (QED) is 0.611. The van der Waals surface area contributed by atoms with Crippen molar-refractivity contribution in [2.24, 2.45) is 0 Å². The standard InChI is InChI=1S/C14H10F3N7/c1-8-6-23-7-9(2-4-11(23)18-8)19-10-3-5-12-20-21-13(14(15,16)17)24(12)22-10/h2-7H,1H3,(H,19,22). The van der Waals surface area contributed by atoms with Crippen molar-refractivity contribution in [1.82, 2.24) is 29.2 Å². The molecule has 4 rings (SSSR count). The Bertz CT molecular complexity index is 1050. The highest BCUT2D eigenvalue weighted by Gasteiger charge is 2.37. The van der Waals surface area contributed by atoms with Crippen molar-refractivity contribution in [3.05, 3.63) is 48.2 Å². The van der Waals surface area contributed by atoms with Gasteiger partial charge in [0.25, 0.3) is 5.82 Å². The van der Waals surface area contributed by atoms with E-state index >= 15 is 0 Å². The van der Waals surface area contributed by atoms with Gasteiger partial charge >= 0.3 is 6.18 Å². The second-order valence-corrected chi connectivity index (χ2v) is 5.20. The minimum Gasteiger partial charge on any atom is -0.338 e. The molecule has 0 radical (unpaired) electrons. The molecular weight excluding hydrogens is 323 g/mol. The molecule has 0 spiro atoms. The molecule has 0 aromatic carbocycles. The van der Waals surface area contributed by atoms with Crippen LogP contribution in [0.1, 0.15) is 11.5 Å². The van der Waals surface area contributed by atoms with Crippen LogP contribution in [0.15, 0.2) is 36.7 Å². The predicted molar refractivity (Wildman–Crippen MR) is 79.0 cm³/mol. The van der Waals surface area contributed by atoms with E-state index in [0.29, 0.717) is 10.2 Å². The highest BCUT2D eigenvalue weighted by atomic mass is 19.4. The number of halogens is 3. The first-order chi connectivity index (χ1) is 11.4. The van der Waals surface area contributed by atoms with Gasteiger partial charge in [0.05, 0.1) is 11.4 Å². The van der Waals surface area contributed by atoms with Crippen LogP contribution in [-0.2, 0) is 6.18 Å². The average molecular weight is 333 g/mol. The van der Waals surface area contributed by atoms with Crippen molar-refractivity contribution < 1.29 is 13.2 Å². The van der Waals surface area contributed by atoms with Gasteiger partial charge in [0.15, 0.2) is 11.5 Å². The first-order valence-electron chi connectivity index (χ1n) is 6.92. The van der Waals surface area contributed by atoms with Crippen molar-refractivity contribution in [3.63, 3.8) is 0 Å². The third-order valence-electron chi connectivity index (χ3n) is 3.36. The highest BCUT2D eigenvalue weighted by molar-refractivity contribution is 5.59. The number of hydrogen-bond acceptors (Lipinski definition) is 5. The minimum absolute atomic E-state index is 0.0218. The van der Waals surface area contributed by atoms with Crippen LogP contribution in [0.2, 0.25) is 0 Å².